The van der Waals surface area contributed by atoms with Crippen LogP contribution in [-0.4, -0.2) is 58.2 Å². The summed E-state index contributed by atoms with van der Waals surface area (Å²) in [4.78, 5) is 24.5. The molecule has 1 unspecified atom stereocenters. The van der Waals surface area contributed by atoms with Crippen LogP contribution in [0.2, 0.25) is 0 Å². The predicted octanol–water partition coefficient (Wildman–Crippen LogP) is 5.37. The SMILES string of the molecule is CCC[C@@H]1CN(CC2C=C(CC(=O)O)C=C(C)C2)CCN1c1nc2ccc(C(F)(F)F)nc2s1. The van der Waals surface area contributed by atoms with Crippen LogP contribution in [0.4, 0.5) is 18.3 Å². The minimum atomic E-state index is -4.47. The van der Waals surface area contributed by atoms with E-state index >= 15 is 0 Å². The summed E-state index contributed by atoms with van der Waals surface area (Å²) in [5, 5.41) is 9.87. The lowest BCUT2D eigenvalue weighted by molar-refractivity contribution is -0.141. The summed E-state index contributed by atoms with van der Waals surface area (Å²) in [6.45, 7) is 7.43. The molecule has 1 aliphatic carbocycles. The topological polar surface area (TPSA) is 69.6 Å². The zero-order valence-corrected chi connectivity index (χ0v) is 20.1. The zero-order valence-electron chi connectivity index (χ0n) is 19.3. The third-order valence-corrected chi connectivity index (χ3v) is 7.29. The Balaban J connectivity index is 1.47. The van der Waals surface area contributed by atoms with Gasteiger partial charge in [0, 0.05) is 32.2 Å². The van der Waals surface area contributed by atoms with Crippen LogP contribution in [-0.2, 0) is 11.0 Å². The van der Waals surface area contributed by atoms with Gasteiger partial charge in [-0.05, 0) is 43.4 Å². The maximum absolute atomic E-state index is 13.1. The van der Waals surface area contributed by atoms with Gasteiger partial charge in [-0.25, -0.2) is 9.97 Å². The summed E-state index contributed by atoms with van der Waals surface area (Å²) in [6, 6.07) is 2.60. The Hall–Kier alpha value is -2.46. The number of aliphatic carboxylic acids is 1. The monoisotopic (exact) mass is 494 g/mol. The highest BCUT2D eigenvalue weighted by Gasteiger charge is 2.34. The molecule has 2 aromatic rings. The van der Waals surface area contributed by atoms with E-state index in [2.05, 4.69) is 32.8 Å². The second kappa shape index (κ2) is 10.0. The number of anilines is 1. The third kappa shape index (κ3) is 5.78. The molecule has 0 saturated carbocycles. The fourth-order valence-electron chi connectivity index (χ4n) is 4.94. The first-order valence-corrected chi connectivity index (χ1v) is 12.4. The van der Waals surface area contributed by atoms with Crippen molar-refractivity contribution in [1.29, 1.82) is 0 Å². The number of hydrogen-bond acceptors (Lipinski definition) is 6. The van der Waals surface area contributed by atoms with Crippen molar-refractivity contribution in [2.45, 2.75) is 51.7 Å². The summed E-state index contributed by atoms with van der Waals surface area (Å²) < 4.78 is 39.2. The van der Waals surface area contributed by atoms with E-state index in [1.54, 1.807) is 0 Å². The number of thiazole rings is 1. The van der Waals surface area contributed by atoms with Crippen LogP contribution in [0.15, 0.2) is 35.4 Å². The van der Waals surface area contributed by atoms with E-state index < -0.39 is 17.8 Å². The first-order valence-electron chi connectivity index (χ1n) is 11.6. The summed E-state index contributed by atoms with van der Waals surface area (Å²) in [5.41, 5.74) is 1.67. The number of allylic oxidation sites excluding steroid dienone is 2. The molecule has 0 bridgehead atoms. The van der Waals surface area contributed by atoms with Crippen LogP contribution in [0.5, 0.6) is 0 Å². The summed E-state index contributed by atoms with van der Waals surface area (Å²) in [7, 11) is 0. The second-order valence-corrected chi connectivity index (χ2v) is 10.1. The molecule has 1 aliphatic heterocycles. The quantitative estimate of drug-likeness (QED) is 0.558. The van der Waals surface area contributed by atoms with Gasteiger partial charge in [0.15, 0.2) is 5.13 Å². The Morgan fingerprint density at radius 3 is 2.76 bits per heavy atom. The number of carboxylic acid groups (broad SMARTS) is 1. The molecule has 6 nitrogen and oxygen atoms in total. The van der Waals surface area contributed by atoms with Gasteiger partial charge in [-0.3, -0.25) is 9.69 Å². The van der Waals surface area contributed by atoms with Gasteiger partial charge in [-0.15, -0.1) is 0 Å². The number of alkyl halides is 3. The maximum atomic E-state index is 13.1. The molecule has 1 fully saturated rings. The number of rotatable bonds is 7. The van der Waals surface area contributed by atoms with Crippen LogP contribution < -0.4 is 4.90 Å². The lowest BCUT2D eigenvalue weighted by Crippen LogP contribution is -2.54. The van der Waals surface area contributed by atoms with Crippen molar-refractivity contribution in [3.05, 3.63) is 41.1 Å². The van der Waals surface area contributed by atoms with Crippen LogP contribution in [0, 0.1) is 5.92 Å². The standard InChI is InChI=1S/C24H29F3N4O2S/c1-3-4-18-14-30(13-17-10-15(2)9-16(11-17)12-21(32)33)7-8-31(18)23-28-19-5-6-20(24(25,26)27)29-22(19)34-23/h5-6,9,11,17-18H,3-4,7-8,10,12-14H2,1-2H3,(H,32,33)/t17?,18-/m1/s1. The predicted molar refractivity (Wildman–Crippen MR) is 127 cm³/mol. The zero-order chi connectivity index (χ0) is 24.5. The maximum Gasteiger partial charge on any atom is 0.433 e. The van der Waals surface area contributed by atoms with E-state index in [1.807, 2.05) is 13.0 Å². The van der Waals surface area contributed by atoms with Crippen LogP contribution in [0.3, 0.4) is 0 Å². The van der Waals surface area contributed by atoms with Gasteiger partial charge in [0.1, 0.15) is 16.0 Å². The van der Waals surface area contributed by atoms with Crippen molar-refractivity contribution in [1.82, 2.24) is 14.9 Å². The Morgan fingerprint density at radius 1 is 1.26 bits per heavy atom. The van der Waals surface area contributed by atoms with Gasteiger partial charge < -0.3 is 10.0 Å². The Bertz CT molecular complexity index is 1110. The molecular weight excluding hydrogens is 465 g/mol. The molecule has 0 aromatic carbocycles. The van der Waals surface area contributed by atoms with E-state index in [0.717, 1.165) is 62.2 Å². The fraction of sp³-hybridized carbons (Fsp3) is 0.542. The van der Waals surface area contributed by atoms with E-state index in [4.69, 9.17) is 5.11 Å². The molecule has 2 aromatic heterocycles. The highest BCUT2D eigenvalue weighted by molar-refractivity contribution is 7.21. The van der Waals surface area contributed by atoms with E-state index in [9.17, 15) is 18.0 Å². The van der Waals surface area contributed by atoms with Gasteiger partial charge in [-0.2, -0.15) is 13.2 Å². The Labute approximate surface area is 200 Å². The lowest BCUT2D eigenvalue weighted by atomic mass is 9.89. The number of piperazine rings is 1. The smallest absolute Gasteiger partial charge is 0.433 e. The first-order chi connectivity index (χ1) is 16.1. The number of carboxylic acids is 1. The molecule has 0 spiro atoms. The number of fused-ring (bicyclic) bond motifs is 1. The number of carbonyl (C=O) groups is 1. The van der Waals surface area contributed by atoms with Crippen molar-refractivity contribution in [3.63, 3.8) is 0 Å². The van der Waals surface area contributed by atoms with Gasteiger partial charge in [0.25, 0.3) is 0 Å². The normalized spacial score (nSPS) is 22.1. The third-order valence-electron chi connectivity index (χ3n) is 6.28. The van der Waals surface area contributed by atoms with E-state index in [0.29, 0.717) is 10.3 Å². The largest absolute Gasteiger partial charge is 0.481 e. The summed E-state index contributed by atoms with van der Waals surface area (Å²) in [5.74, 6) is -0.541. The Kier molecular flexibility index (Phi) is 7.28. The molecular formula is C24H29F3N4O2S. The minimum Gasteiger partial charge on any atom is -0.481 e. The average molecular weight is 495 g/mol. The number of pyridine rings is 1. The van der Waals surface area contributed by atoms with Gasteiger partial charge in [0.05, 0.1) is 6.42 Å². The molecule has 3 heterocycles. The number of halogens is 3. The van der Waals surface area contributed by atoms with E-state index in [-0.39, 0.29) is 18.4 Å². The van der Waals surface area contributed by atoms with E-state index in [1.165, 1.54) is 23.0 Å². The highest BCUT2D eigenvalue weighted by atomic mass is 32.1. The summed E-state index contributed by atoms with van der Waals surface area (Å²) in [6.07, 6.45) is 2.52. The molecule has 2 atom stereocenters. The van der Waals surface area contributed by atoms with Crippen LogP contribution in [0.1, 0.15) is 45.2 Å². The molecule has 10 heteroatoms. The lowest BCUT2D eigenvalue weighted by Gasteiger charge is -2.42. The van der Waals surface area contributed by atoms with Crippen LogP contribution >= 0.6 is 11.3 Å². The average Bonchev–Trinajstić information content (AvgIpc) is 3.16. The van der Waals surface area contributed by atoms with Crippen molar-refractivity contribution in [3.8, 4) is 0 Å². The minimum absolute atomic E-state index is 0.0434. The molecule has 1 N–H and O–H groups in total. The molecule has 1 saturated heterocycles. The summed E-state index contributed by atoms with van der Waals surface area (Å²) >= 11 is 1.22. The molecule has 34 heavy (non-hydrogen) atoms. The molecule has 0 amide bonds. The molecule has 2 aliphatic rings. The molecule has 0 radical (unpaired) electrons. The van der Waals surface area contributed by atoms with Gasteiger partial charge in [0.2, 0.25) is 0 Å². The number of nitrogens with zero attached hydrogens (tertiary/aromatic N) is 4. The van der Waals surface area contributed by atoms with Crippen molar-refractivity contribution in [2.75, 3.05) is 31.1 Å². The van der Waals surface area contributed by atoms with Crippen LogP contribution in [0.25, 0.3) is 10.3 Å². The van der Waals surface area contributed by atoms with Crippen molar-refractivity contribution < 1.29 is 23.1 Å². The Morgan fingerprint density at radius 2 is 2.06 bits per heavy atom. The van der Waals surface area contributed by atoms with Gasteiger partial charge >= 0.3 is 12.1 Å². The number of hydrogen-bond donors (Lipinski definition) is 1. The van der Waals surface area contributed by atoms with Crippen molar-refractivity contribution in [2.24, 2.45) is 5.92 Å². The first kappa shape index (κ1) is 24.7. The molecule has 4 rings (SSSR count). The van der Waals surface area contributed by atoms with Gasteiger partial charge in [-0.1, -0.05) is 42.4 Å². The second-order valence-electron chi connectivity index (χ2n) is 9.18. The molecule has 184 valence electrons. The number of aromatic nitrogens is 2. The van der Waals surface area contributed by atoms with Crippen molar-refractivity contribution >= 4 is 32.8 Å². The highest BCUT2D eigenvalue weighted by Crippen LogP contribution is 2.35. The fourth-order valence-corrected chi connectivity index (χ4v) is 5.97.